The highest BCUT2D eigenvalue weighted by atomic mass is 32.2. The van der Waals surface area contributed by atoms with E-state index >= 15 is 0 Å². The molecule has 0 rings (SSSR count). The summed E-state index contributed by atoms with van der Waals surface area (Å²) in [7, 11) is 0. The molecule has 0 aromatic carbocycles. The summed E-state index contributed by atoms with van der Waals surface area (Å²) in [6.45, 7) is -0.150. The number of hydrogen-bond acceptors (Lipinski definition) is 6. The summed E-state index contributed by atoms with van der Waals surface area (Å²) in [5, 5.41) is 35.0. The third-order valence-electron chi connectivity index (χ3n) is 1.77. The Labute approximate surface area is 116 Å². The van der Waals surface area contributed by atoms with Crippen LogP contribution in [-0.2, 0) is 0 Å². The Kier molecular flexibility index (Phi) is 11.9. The molecule has 0 spiro atoms. The lowest BCUT2D eigenvalue weighted by atomic mass is 10.4. The first-order chi connectivity index (χ1) is 8.78. The molecule has 0 heterocycles. The van der Waals surface area contributed by atoms with Crippen LogP contribution in [0, 0.1) is 22.7 Å². The van der Waals surface area contributed by atoms with E-state index in [1.807, 2.05) is 12.1 Å². The SMILES string of the molecule is N#CCCS/C(=C\C=C(\CO)SCCC#N)CO. The van der Waals surface area contributed by atoms with E-state index in [4.69, 9.17) is 20.7 Å². The lowest BCUT2D eigenvalue weighted by Gasteiger charge is -2.02. The minimum Gasteiger partial charge on any atom is -0.391 e. The van der Waals surface area contributed by atoms with Gasteiger partial charge < -0.3 is 10.2 Å². The van der Waals surface area contributed by atoms with Gasteiger partial charge in [0.2, 0.25) is 0 Å². The Morgan fingerprint density at radius 2 is 1.28 bits per heavy atom. The summed E-state index contributed by atoms with van der Waals surface area (Å²) in [5.74, 6) is 1.29. The van der Waals surface area contributed by atoms with Crippen molar-refractivity contribution in [3.63, 3.8) is 0 Å². The van der Waals surface area contributed by atoms with Gasteiger partial charge in [0.1, 0.15) is 0 Å². The Morgan fingerprint density at radius 1 is 0.889 bits per heavy atom. The quantitative estimate of drug-likeness (QED) is 0.497. The first-order valence-corrected chi connectivity index (χ1v) is 7.36. The van der Waals surface area contributed by atoms with Crippen LogP contribution < -0.4 is 0 Å². The molecule has 6 heteroatoms. The minimum atomic E-state index is -0.0752. The molecule has 0 aliphatic heterocycles. The first-order valence-electron chi connectivity index (χ1n) is 5.39. The molecule has 0 saturated carbocycles. The second-order valence-electron chi connectivity index (χ2n) is 3.10. The second-order valence-corrected chi connectivity index (χ2v) is 5.54. The molecular weight excluding hydrogens is 268 g/mol. The highest BCUT2D eigenvalue weighted by molar-refractivity contribution is 8.03. The van der Waals surface area contributed by atoms with Crippen molar-refractivity contribution in [3.05, 3.63) is 22.0 Å². The van der Waals surface area contributed by atoms with E-state index in [1.165, 1.54) is 23.5 Å². The maximum Gasteiger partial charge on any atom is 0.0740 e. The Hall–Kier alpha value is -0.920. The van der Waals surface area contributed by atoms with Crippen LogP contribution in [0.1, 0.15) is 12.8 Å². The average Bonchev–Trinajstić information content (AvgIpc) is 2.40. The molecule has 4 nitrogen and oxygen atoms in total. The third kappa shape index (κ3) is 9.15. The van der Waals surface area contributed by atoms with Crippen LogP contribution in [-0.4, -0.2) is 34.9 Å². The van der Waals surface area contributed by atoms with E-state index < -0.39 is 0 Å². The van der Waals surface area contributed by atoms with Crippen molar-refractivity contribution in [2.75, 3.05) is 24.7 Å². The van der Waals surface area contributed by atoms with E-state index in [2.05, 4.69) is 0 Å². The van der Waals surface area contributed by atoms with Crippen molar-refractivity contribution in [1.82, 2.24) is 0 Å². The summed E-state index contributed by atoms with van der Waals surface area (Å²) in [6.07, 6.45) is 4.37. The van der Waals surface area contributed by atoms with Gasteiger partial charge in [-0.3, -0.25) is 0 Å². The molecule has 0 atom stereocenters. The van der Waals surface area contributed by atoms with Crippen LogP contribution >= 0.6 is 23.5 Å². The second kappa shape index (κ2) is 12.5. The molecule has 0 amide bonds. The zero-order valence-electron chi connectivity index (χ0n) is 10.0. The van der Waals surface area contributed by atoms with Crippen LogP contribution in [0.25, 0.3) is 0 Å². The molecule has 0 bridgehead atoms. The number of aliphatic hydroxyl groups is 2. The summed E-state index contributed by atoms with van der Waals surface area (Å²) in [6, 6.07) is 4.08. The van der Waals surface area contributed by atoms with E-state index in [0.717, 1.165) is 9.81 Å². The van der Waals surface area contributed by atoms with Crippen molar-refractivity contribution in [3.8, 4) is 12.1 Å². The monoisotopic (exact) mass is 284 g/mol. The van der Waals surface area contributed by atoms with Crippen molar-refractivity contribution in [1.29, 1.82) is 10.5 Å². The molecule has 0 aliphatic carbocycles. The molecule has 0 aliphatic rings. The minimum absolute atomic E-state index is 0.0752. The van der Waals surface area contributed by atoms with E-state index in [1.54, 1.807) is 12.2 Å². The van der Waals surface area contributed by atoms with Gasteiger partial charge in [-0.1, -0.05) is 0 Å². The van der Waals surface area contributed by atoms with Crippen LogP contribution in [0.3, 0.4) is 0 Å². The standard InChI is InChI=1S/C12H16N2O2S2/c13-5-1-7-17-11(9-15)3-4-12(10-16)18-8-2-6-14/h3-4,15-16H,1-2,7-10H2/b11-3-,12-4-. The normalized spacial score (nSPS) is 12.0. The maximum atomic E-state index is 9.11. The fourth-order valence-corrected chi connectivity index (χ4v) is 2.36. The van der Waals surface area contributed by atoms with Crippen LogP contribution in [0.15, 0.2) is 22.0 Å². The molecular formula is C12H16N2O2S2. The van der Waals surface area contributed by atoms with Gasteiger partial charge in [-0.05, 0) is 12.2 Å². The summed E-state index contributed by atoms with van der Waals surface area (Å²) < 4.78 is 0. The Balaban J connectivity index is 4.30. The largest absolute Gasteiger partial charge is 0.391 e. The molecule has 0 aromatic heterocycles. The maximum absolute atomic E-state index is 9.11. The van der Waals surface area contributed by atoms with Gasteiger partial charge in [-0.15, -0.1) is 23.5 Å². The molecule has 0 saturated heterocycles. The van der Waals surface area contributed by atoms with Crippen LogP contribution in [0.4, 0.5) is 0 Å². The van der Waals surface area contributed by atoms with E-state index in [-0.39, 0.29) is 13.2 Å². The molecule has 0 unspecified atom stereocenters. The predicted octanol–water partition coefficient (Wildman–Crippen LogP) is 2.03. The first kappa shape index (κ1) is 17.1. The van der Waals surface area contributed by atoms with Gasteiger partial charge >= 0.3 is 0 Å². The Morgan fingerprint density at radius 3 is 1.56 bits per heavy atom. The smallest absolute Gasteiger partial charge is 0.0740 e. The summed E-state index contributed by atoms with van der Waals surface area (Å²) in [4.78, 5) is 1.52. The molecule has 0 radical (unpaired) electrons. The lowest BCUT2D eigenvalue weighted by molar-refractivity contribution is 0.338. The Bertz CT molecular complexity index is 331. The number of nitriles is 2. The molecule has 18 heavy (non-hydrogen) atoms. The molecule has 0 aromatic rings. The lowest BCUT2D eigenvalue weighted by Crippen LogP contribution is -1.90. The van der Waals surface area contributed by atoms with Crippen molar-refractivity contribution in [2.45, 2.75) is 12.8 Å². The average molecular weight is 284 g/mol. The fraction of sp³-hybridized carbons (Fsp3) is 0.500. The highest BCUT2D eigenvalue weighted by Gasteiger charge is 1.98. The van der Waals surface area contributed by atoms with E-state index in [0.29, 0.717) is 24.3 Å². The van der Waals surface area contributed by atoms with Gasteiger partial charge in [-0.25, -0.2) is 0 Å². The number of rotatable bonds is 9. The number of allylic oxidation sites excluding steroid dienone is 2. The highest BCUT2D eigenvalue weighted by Crippen LogP contribution is 2.19. The van der Waals surface area contributed by atoms with Gasteiger partial charge in [0, 0.05) is 34.2 Å². The zero-order chi connectivity index (χ0) is 13.6. The van der Waals surface area contributed by atoms with Crippen molar-refractivity contribution >= 4 is 23.5 Å². The number of aliphatic hydroxyl groups excluding tert-OH is 2. The molecule has 0 fully saturated rings. The number of nitrogens with zero attached hydrogens (tertiary/aromatic N) is 2. The predicted molar refractivity (Wildman–Crippen MR) is 75.7 cm³/mol. The van der Waals surface area contributed by atoms with Crippen LogP contribution in [0.5, 0.6) is 0 Å². The molecule has 98 valence electrons. The summed E-state index contributed by atoms with van der Waals surface area (Å²) >= 11 is 2.86. The molecule has 2 N–H and O–H groups in total. The number of hydrogen-bond donors (Lipinski definition) is 2. The van der Waals surface area contributed by atoms with Crippen molar-refractivity contribution in [2.24, 2.45) is 0 Å². The van der Waals surface area contributed by atoms with Crippen molar-refractivity contribution < 1.29 is 10.2 Å². The third-order valence-corrected chi connectivity index (χ3v) is 3.86. The fourth-order valence-electron chi connectivity index (χ4n) is 0.934. The van der Waals surface area contributed by atoms with Gasteiger partial charge in [0.25, 0.3) is 0 Å². The van der Waals surface area contributed by atoms with Crippen LogP contribution in [0.2, 0.25) is 0 Å². The topological polar surface area (TPSA) is 88.0 Å². The zero-order valence-corrected chi connectivity index (χ0v) is 11.6. The number of thioether (sulfide) groups is 2. The van der Waals surface area contributed by atoms with Gasteiger partial charge in [0.05, 0.1) is 25.4 Å². The van der Waals surface area contributed by atoms with Gasteiger partial charge in [-0.2, -0.15) is 10.5 Å². The van der Waals surface area contributed by atoms with Gasteiger partial charge in [0.15, 0.2) is 0 Å². The van der Waals surface area contributed by atoms with E-state index in [9.17, 15) is 0 Å². The summed E-state index contributed by atoms with van der Waals surface area (Å²) in [5.41, 5.74) is 0.